The number of hydrogen-bond acceptors (Lipinski definition) is 5. The SMILES string of the molecule is CNC(=O)C(NC(=O)C1=C2C(c3ccc(Cl)c(F)c3)=NCN2CCCN1C)C(C)(C)C. The second-order valence-corrected chi connectivity index (χ2v) is 9.31. The molecule has 0 saturated carbocycles. The molecule has 7 nitrogen and oxygen atoms in total. The van der Waals surface area contributed by atoms with E-state index < -0.39 is 17.3 Å². The van der Waals surface area contributed by atoms with Crippen LogP contribution in [-0.2, 0) is 9.59 Å². The molecular formula is C22H29ClFN5O2. The number of allylic oxidation sites excluding steroid dienone is 1. The van der Waals surface area contributed by atoms with Crippen molar-refractivity contribution in [1.29, 1.82) is 0 Å². The molecule has 0 saturated heterocycles. The maximum Gasteiger partial charge on any atom is 0.270 e. The summed E-state index contributed by atoms with van der Waals surface area (Å²) in [5, 5.41) is 5.57. The van der Waals surface area contributed by atoms with E-state index in [9.17, 15) is 14.0 Å². The number of fused-ring (bicyclic) bond motifs is 1. The van der Waals surface area contributed by atoms with Crippen molar-refractivity contribution >= 4 is 29.1 Å². The Morgan fingerprint density at radius 3 is 2.58 bits per heavy atom. The molecule has 1 aromatic carbocycles. The lowest BCUT2D eigenvalue weighted by Crippen LogP contribution is -2.54. The fraction of sp³-hybridized carbons (Fsp3) is 0.500. The Kier molecular flexibility index (Phi) is 6.59. The molecule has 0 bridgehead atoms. The summed E-state index contributed by atoms with van der Waals surface area (Å²) < 4.78 is 14.1. The number of nitrogens with one attached hydrogen (secondary N) is 2. The average Bonchev–Trinajstić information content (AvgIpc) is 3.02. The normalized spacial score (nSPS) is 17.7. The van der Waals surface area contributed by atoms with Gasteiger partial charge in [-0.25, -0.2) is 4.39 Å². The lowest BCUT2D eigenvalue weighted by molar-refractivity contribution is -0.130. The second kappa shape index (κ2) is 8.86. The highest BCUT2D eigenvalue weighted by molar-refractivity contribution is 6.31. The minimum Gasteiger partial charge on any atom is -0.368 e. The van der Waals surface area contributed by atoms with Gasteiger partial charge in [0.2, 0.25) is 5.91 Å². The van der Waals surface area contributed by atoms with Crippen molar-refractivity contribution in [2.24, 2.45) is 10.4 Å². The van der Waals surface area contributed by atoms with Crippen LogP contribution in [0.15, 0.2) is 34.6 Å². The number of amides is 2. The highest BCUT2D eigenvalue weighted by Gasteiger charge is 2.37. The highest BCUT2D eigenvalue weighted by atomic mass is 35.5. The van der Waals surface area contributed by atoms with E-state index in [1.54, 1.807) is 13.1 Å². The molecule has 1 aromatic rings. The lowest BCUT2D eigenvalue weighted by atomic mass is 9.86. The van der Waals surface area contributed by atoms with Gasteiger partial charge >= 0.3 is 0 Å². The summed E-state index contributed by atoms with van der Waals surface area (Å²) in [4.78, 5) is 34.5. The Balaban J connectivity index is 2.06. The predicted molar refractivity (Wildman–Crippen MR) is 119 cm³/mol. The molecule has 2 heterocycles. The Hall–Kier alpha value is -2.61. The molecule has 2 amide bonds. The molecule has 1 unspecified atom stereocenters. The second-order valence-electron chi connectivity index (χ2n) is 8.90. The van der Waals surface area contributed by atoms with Gasteiger partial charge in [0.25, 0.3) is 5.91 Å². The number of carbonyl (C=O) groups is 2. The summed E-state index contributed by atoms with van der Waals surface area (Å²) in [5.74, 6) is -1.17. The minimum atomic E-state index is -0.724. The Labute approximate surface area is 187 Å². The van der Waals surface area contributed by atoms with Gasteiger partial charge in [0.05, 0.1) is 16.4 Å². The highest BCUT2D eigenvalue weighted by Crippen LogP contribution is 2.30. The number of aliphatic imine (C=N–C) groups is 1. The van der Waals surface area contributed by atoms with E-state index in [0.29, 0.717) is 35.9 Å². The molecule has 0 spiro atoms. The number of hydrogen-bond donors (Lipinski definition) is 2. The van der Waals surface area contributed by atoms with Gasteiger partial charge < -0.3 is 20.4 Å². The number of rotatable bonds is 4. The standard InChI is InChI=1S/C22H29ClFN5O2/c1-22(2,3)19(21(31)25-4)27-20(30)18-17-16(13-7-8-14(23)15(24)11-13)26-12-29(17)10-6-9-28(18)5/h7-8,11,19H,6,9-10,12H2,1-5H3,(H,25,31)(H,27,30). The number of nitrogens with zero attached hydrogens (tertiary/aromatic N) is 3. The fourth-order valence-corrected chi connectivity index (χ4v) is 3.98. The molecule has 1 atom stereocenters. The van der Waals surface area contributed by atoms with Crippen LogP contribution in [0.4, 0.5) is 4.39 Å². The molecule has 3 rings (SSSR count). The van der Waals surface area contributed by atoms with Gasteiger partial charge in [-0.15, -0.1) is 0 Å². The van der Waals surface area contributed by atoms with E-state index in [4.69, 9.17) is 11.6 Å². The first-order chi connectivity index (χ1) is 14.5. The summed E-state index contributed by atoms with van der Waals surface area (Å²) in [5.41, 5.74) is 1.67. The number of likely N-dealkylation sites (N-methyl/N-ethyl adjacent to an activating group) is 2. The van der Waals surface area contributed by atoms with Gasteiger partial charge in [0.1, 0.15) is 24.2 Å². The first kappa shape index (κ1) is 23.1. The van der Waals surface area contributed by atoms with Crippen LogP contribution in [0.3, 0.4) is 0 Å². The van der Waals surface area contributed by atoms with Crippen molar-refractivity contribution in [2.45, 2.75) is 33.2 Å². The molecule has 2 N–H and O–H groups in total. The van der Waals surface area contributed by atoms with E-state index >= 15 is 0 Å². The van der Waals surface area contributed by atoms with Crippen molar-refractivity contribution < 1.29 is 14.0 Å². The zero-order valence-corrected chi connectivity index (χ0v) is 19.3. The topological polar surface area (TPSA) is 77.0 Å². The first-order valence-corrected chi connectivity index (χ1v) is 10.7. The van der Waals surface area contributed by atoms with Gasteiger partial charge in [-0.3, -0.25) is 14.6 Å². The van der Waals surface area contributed by atoms with E-state index in [-0.39, 0.29) is 16.8 Å². The van der Waals surface area contributed by atoms with E-state index in [0.717, 1.165) is 13.0 Å². The Morgan fingerprint density at radius 2 is 1.97 bits per heavy atom. The van der Waals surface area contributed by atoms with Crippen LogP contribution in [0.2, 0.25) is 5.02 Å². The van der Waals surface area contributed by atoms with Crippen LogP contribution in [0.1, 0.15) is 32.8 Å². The van der Waals surface area contributed by atoms with E-state index in [1.807, 2.05) is 37.6 Å². The molecule has 0 aromatic heterocycles. The molecule has 9 heteroatoms. The van der Waals surface area contributed by atoms with Crippen molar-refractivity contribution in [3.8, 4) is 0 Å². The van der Waals surface area contributed by atoms with Gasteiger partial charge in [-0.2, -0.15) is 0 Å². The third-order valence-corrected chi connectivity index (χ3v) is 5.83. The summed E-state index contributed by atoms with van der Waals surface area (Å²) in [6.45, 7) is 7.47. The third kappa shape index (κ3) is 4.69. The van der Waals surface area contributed by atoms with Gasteiger partial charge in [0.15, 0.2) is 0 Å². The van der Waals surface area contributed by atoms with Gasteiger partial charge in [-0.1, -0.05) is 38.4 Å². The number of carbonyl (C=O) groups excluding carboxylic acids is 2. The predicted octanol–water partition coefficient (Wildman–Crippen LogP) is 2.37. The zero-order chi connectivity index (χ0) is 22.9. The zero-order valence-electron chi connectivity index (χ0n) is 18.6. The Morgan fingerprint density at radius 1 is 1.26 bits per heavy atom. The third-order valence-electron chi connectivity index (χ3n) is 5.53. The molecule has 0 aliphatic carbocycles. The van der Waals surface area contributed by atoms with Crippen LogP contribution < -0.4 is 10.6 Å². The largest absolute Gasteiger partial charge is 0.368 e. The van der Waals surface area contributed by atoms with E-state index in [1.165, 1.54) is 12.1 Å². The summed E-state index contributed by atoms with van der Waals surface area (Å²) in [6, 6.07) is 3.79. The lowest BCUT2D eigenvalue weighted by Gasteiger charge is -2.32. The summed E-state index contributed by atoms with van der Waals surface area (Å²) in [6.07, 6.45) is 0.840. The van der Waals surface area contributed by atoms with Gasteiger partial charge in [0, 0.05) is 32.7 Å². The number of halogens is 2. The van der Waals surface area contributed by atoms with E-state index in [2.05, 4.69) is 15.6 Å². The molecule has 2 aliphatic rings. The quantitative estimate of drug-likeness (QED) is 0.739. The van der Waals surface area contributed by atoms with Crippen molar-refractivity contribution in [1.82, 2.24) is 20.4 Å². The molecule has 31 heavy (non-hydrogen) atoms. The average molecular weight is 450 g/mol. The minimum absolute atomic E-state index is 0.0303. The Bertz CT molecular complexity index is 954. The molecule has 0 radical (unpaired) electrons. The smallest absolute Gasteiger partial charge is 0.270 e. The molecule has 168 valence electrons. The molecule has 0 fully saturated rings. The summed E-state index contributed by atoms with van der Waals surface area (Å²) >= 11 is 5.85. The van der Waals surface area contributed by atoms with Crippen LogP contribution >= 0.6 is 11.6 Å². The van der Waals surface area contributed by atoms with Crippen molar-refractivity contribution in [3.05, 3.63) is 46.0 Å². The first-order valence-electron chi connectivity index (χ1n) is 10.3. The van der Waals surface area contributed by atoms with Crippen LogP contribution in [0.25, 0.3) is 0 Å². The van der Waals surface area contributed by atoms with Crippen LogP contribution in [0, 0.1) is 11.2 Å². The van der Waals surface area contributed by atoms with Crippen molar-refractivity contribution in [3.63, 3.8) is 0 Å². The fourth-order valence-electron chi connectivity index (χ4n) is 3.86. The van der Waals surface area contributed by atoms with Crippen molar-refractivity contribution in [2.75, 3.05) is 33.9 Å². The van der Waals surface area contributed by atoms with Gasteiger partial charge in [-0.05, 0) is 24.0 Å². The maximum absolute atomic E-state index is 14.1. The number of benzene rings is 1. The monoisotopic (exact) mass is 449 g/mol. The van der Waals surface area contributed by atoms with Crippen LogP contribution in [-0.4, -0.2) is 67.2 Å². The maximum atomic E-state index is 14.1. The molecule has 2 aliphatic heterocycles. The molecular weight excluding hydrogens is 421 g/mol. The van der Waals surface area contributed by atoms with Crippen LogP contribution in [0.5, 0.6) is 0 Å². The summed E-state index contributed by atoms with van der Waals surface area (Å²) in [7, 11) is 3.39.